The predicted molar refractivity (Wildman–Crippen MR) is 80.9 cm³/mol. The van der Waals surface area contributed by atoms with E-state index in [0.717, 1.165) is 5.01 Å². The summed E-state index contributed by atoms with van der Waals surface area (Å²) in [5.41, 5.74) is 4.40. The molecule has 0 saturated carbocycles. The molecule has 22 heavy (non-hydrogen) atoms. The minimum atomic E-state index is -0.422. The Balaban J connectivity index is 1.75. The Morgan fingerprint density at radius 2 is 1.32 bits per heavy atom. The fourth-order valence-corrected chi connectivity index (χ4v) is 2.09. The summed E-state index contributed by atoms with van der Waals surface area (Å²) < 4.78 is 0. The summed E-state index contributed by atoms with van der Waals surface area (Å²) in [7, 11) is 0. The molecule has 0 saturated heterocycles. The van der Waals surface area contributed by atoms with E-state index in [4.69, 9.17) is 0 Å². The van der Waals surface area contributed by atoms with E-state index in [9.17, 15) is 14.4 Å². The van der Waals surface area contributed by atoms with Gasteiger partial charge < -0.3 is 0 Å². The van der Waals surface area contributed by atoms with Crippen LogP contribution in [0, 0.1) is 0 Å². The second-order valence-corrected chi connectivity index (χ2v) is 4.73. The number of nitrogens with zero attached hydrogens (tertiary/aromatic N) is 1. The maximum absolute atomic E-state index is 12.3. The predicted octanol–water partition coefficient (Wildman–Crippen LogP) is 2.17. The first-order chi connectivity index (χ1) is 10.6. The molecule has 2 amide bonds. The van der Waals surface area contributed by atoms with Crippen LogP contribution in [0.3, 0.4) is 0 Å². The van der Waals surface area contributed by atoms with Gasteiger partial charge in [-0.15, -0.1) is 0 Å². The number of nitrogens with one attached hydrogen (secondary N) is 1. The Labute approximate surface area is 126 Å². The van der Waals surface area contributed by atoms with Crippen LogP contribution in [0.4, 0.5) is 5.69 Å². The molecule has 1 aliphatic heterocycles. The molecule has 0 bridgehead atoms. The fourth-order valence-electron chi connectivity index (χ4n) is 2.09. The molecule has 1 aliphatic rings. The van der Waals surface area contributed by atoms with Crippen LogP contribution < -0.4 is 5.43 Å². The molecular formula is C17H12N2O3. The number of benzene rings is 2. The molecule has 0 fully saturated rings. The van der Waals surface area contributed by atoms with E-state index in [1.807, 2.05) is 6.07 Å². The molecule has 5 nitrogen and oxygen atoms in total. The molecule has 0 radical (unpaired) electrons. The molecule has 1 heterocycles. The summed E-state index contributed by atoms with van der Waals surface area (Å²) >= 11 is 0. The Morgan fingerprint density at radius 3 is 1.91 bits per heavy atom. The van der Waals surface area contributed by atoms with Gasteiger partial charge in [0.2, 0.25) is 0 Å². The third-order valence-corrected chi connectivity index (χ3v) is 3.23. The second kappa shape index (κ2) is 5.65. The lowest BCUT2D eigenvalue weighted by Crippen LogP contribution is -2.35. The summed E-state index contributed by atoms with van der Waals surface area (Å²) in [5, 5.41) is 0.911. The molecule has 1 N–H and O–H groups in total. The summed E-state index contributed by atoms with van der Waals surface area (Å²) in [4.78, 5) is 35.2. The number of hydrogen-bond donors (Lipinski definition) is 1. The van der Waals surface area contributed by atoms with Crippen LogP contribution in [0.5, 0.6) is 0 Å². The van der Waals surface area contributed by atoms with Gasteiger partial charge in [0.1, 0.15) is 0 Å². The highest BCUT2D eigenvalue weighted by Crippen LogP contribution is 2.15. The van der Waals surface area contributed by atoms with Crippen molar-refractivity contribution in [2.75, 3.05) is 5.43 Å². The molecule has 2 aromatic rings. The van der Waals surface area contributed by atoms with E-state index in [-0.39, 0.29) is 5.78 Å². The van der Waals surface area contributed by atoms with Crippen molar-refractivity contribution < 1.29 is 14.4 Å². The average Bonchev–Trinajstić information content (AvgIpc) is 2.88. The van der Waals surface area contributed by atoms with E-state index < -0.39 is 11.8 Å². The minimum Gasteiger partial charge on any atom is -0.289 e. The Kier molecular flexibility index (Phi) is 3.53. The number of hydrazine groups is 1. The Morgan fingerprint density at radius 1 is 0.773 bits per heavy atom. The molecule has 0 aromatic heterocycles. The molecular weight excluding hydrogens is 280 g/mol. The molecule has 0 atom stereocenters. The zero-order valence-electron chi connectivity index (χ0n) is 11.5. The van der Waals surface area contributed by atoms with Crippen LogP contribution in [-0.2, 0) is 9.59 Å². The SMILES string of the molecule is O=C(c1ccccc1)c1ccc(NN2C(=O)C=CC2=O)cc1. The second-order valence-electron chi connectivity index (χ2n) is 4.73. The summed E-state index contributed by atoms with van der Waals surface area (Å²) in [6.07, 6.45) is 2.39. The van der Waals surface area contributed by atoms with Gasteiger partial charge in [0, 0.05) is 23.3 Å². The normalized spacial score (nSPS) is 13.5. The van der Waals surface area contributed by atoms with Gasteiger partial charge in [-0.05, 0) is 24.3 Å². The molecule has 108 valence electrons. The van der Waals surface area contributed by atoms with E-state index in [0.29, 0.717) is 16.8 Å². The van der Waals surface area contributed by atoms with Gasteiger partial charge in [-0.3, -0.25) is 19.8 Å². The van der Waals surface area contributed by atoms with Crippen molar-refractivity contribution in [1.82, 2.24) is 5.01 Å². The lowest BCUT2D eigenvalue weighted by atomic mass is 10.0. The van der Waals surface area contributed by atoms with Crippen molar-refractivity contribution in [1.29, 1.82) is 0 Å². The van der Waals surface area contributed by atoms with Gasteiger partial charge >= 0.3 is 0 Å². The number of carbonyl (C=O) groups excluding carboxylic acids is 3. The minimum absolute atomic E-state index is 0.0814. The highest BCUT2D eigenvalue weighted by atomic mass is 16.2. The quantitative estimate of drug-likeness (QED) is 0.693. The highest BCUT2D eigenvalue weighted by Gasteiger charge is 2.23. The Hall–Kier alpha value is -3.21. The summed E-state index contributed by atoms with van der Waals surface area (Å²) in [6, 6.07) is 15.6. The fraction of sp³-hybridized carbons (Fsp3) is 0. The lowest BCUT2D eigenvalue weighted by Gasteiger charge is -2.16. The number of hydrogen-bond acceptors (Lipinski definition) is 4. The van der Waals surface area contributed by atoms with Crippen LogP contribution in [-0.4, -0.2) is 22.6 Å². The summed E-state index contributed by atoms with van der Waals surface area (Å²) in [6.45, 7) is 0. The zero-order chi connectivity index (χ0) is 15.5. The third kappa shape index (κ3) is 2.64. The van der Waals surface area contributed by atoms with Crippen molar-refractivity contribution in [3.63, 3.8) is 0 Å². The number of rotatable bonds is 4. The van der Waals surface area contributed by atoms with Crippen LogP contribution in [0.15, 0.2) is 66.7 Å². The van der Waals surface area contributed by atoms with Gasteiger partial charge in [-0.25, -0.2) is 0 Å². The number of carbonyl (C=O) groups is 3. The molecule has 2 aromatic carbocycles. The van der Waals surface area contributed by atoms with Gasteiger partial charge in [0.15, 0.2) is 5.78 Å². The van der Waals surface area contributed by atoms with Crippen molar-refractivity contribution in [3.8, 4) is 0 Å². The maximum atomic E-state index is 12.3. The third-order valence-electron chi connectivity index (χ3n) is 3.23. The molecule has 0 aliphatic carbocycles. The van der Waals surface area contributed by atoms with Crippen LogP contribution in [0.2, 0.25) is 0 Å². The first-order valence-corrected chi connectivity index (χ1v) is 6.68. The number of imide groups is 1. The summed E-state index contributed by atoms with van der Waals surface area (Å²) in [5.74, 6) is -0.925. The first-order valence-electron chi connectivity index (χ1n) is 6.68. The zero-order valence-corrected chi connectivity index (χ0v) is 11.5. The van der Waals surface area contributed by atoms with Crippen molar-refractivity contribution in [2.24, 2.45) is 0 Å². The number of anilines is 1. The van der Waals surface area contributed by atoms with Gasteiger partial charge in [0.25, 0.3) is 11.8 Å². The Bertz CT molecular complexity index is 746. The van der Waals surface area contributed by atoms with Crippen molar-refractivity contribution in [3.05, 3.63) is 77.9 Å². The van der Waals surface area contributed by atoms with Crippen molar-refractivity contribution >= 4 is 23.3 Å². The highest BCUT2D eigenvalue weighted by molar-refractivity contribution is 6.13. The molecule has 5 heteroatoms. The van der Waals surface area contributed by atoms with E-state index in [1.165, 1.54) is 12.2 Å². The number of amides is 2. The van der Waals surface area contributed by atoms with Gasteiger partial charge in [0.05, 0.1) is 5.69 Å². The van der Waals surface area contributed by atoms with Gasteiger partial charge in [-0.2, -0.15) is 5.01 Å². The monoisotopic (exact) mass is 292 g/mol. The average molecular weight is 292 g/mol. The van der Waals surface area contributed by atoms with Crippen LogP contribution >= 0.6 is 0 Å². The molecule has 0 unspecified atom stereocenters. The standard InChI is InChI=1S/C17H12N2O3/c20-15-10-11-16(21)19(15)18-14-8-6-13(7-9-14)17(22)12-4-2-1-3-5-12/h1-11,18H. The number of ketones is 1. The van der Waals surface area contributed by atoms with E-state index in [2.05, 4.69) is 5.43 Å². The first kappa shape index (κ1) is 13.8. The van der Waals surface area contributed by atoms with Crippen LogP contribution in [0.25, 0.3) is 0 Å². The largest absolute Gasteiger partial charge is 0.289 e. The van der Waals surface area contributed by atoms with Crippen molar-refractivity contribution in [2.45, 2.75) is 0 Å². The maximum Gasteiger partial charge on any atom is 0.272 e. The van der Waals surface area contributed by atoms with Crippen LogP contribution in [0.1, 0.15) is 15.9 Å². The molecule has 3 rings (SSSR count). The van der Waals surface area contributed by atoms with E-state index in [1.54, 1.807) is 48.5 Å². The smallest absolute Gasteiger partial charge is 0.272 e. The molecule has 0 spiro atoms. The lowest BCUT2D eigenvalue weighted by molar-refractivity contribution is -0.135. The topological polar surface area (TPSA) is 66.5 Å². The van der Waals surface area contributed by atoms with E-state index >= 15 is 0 Å². The van der Waals surface area contributed by atoms with Gasteiger partial charge in [-0.1, -0.05) is 30.3 Å².